The van der Waals surface area contributed by atoms with Crippen LogP contribution in [-0.4, -0.2) is 28.3 Å². The fourth-order valence-corrected chi connectivity index (χ4v) is 4.91. The number of rotatable bonds is 3. The molecular formula is C19H22N4OS. The highest BCUT2D eigenvalue weighted by molar-refractivity contribution is 7.22. The molecule has 3 aromatic rings. The second kappa shape index (κ2) is 5.80. The van der Waals surface area contributed by atoms with Crippen LogP contribution in [0.3, 0.4) is 0 Å². The third kappa shape index (κ3) is 2.82. The van der Waals surface area contributed by atoms with E-state index in [4.69, 9.17) is 9.40 Å². The van der Waals surface area contributed by atoms with E-state index >= 15 is 0 Å². The summed E-state index contributed by atoms with van der Waals surface area (Å²) in [4.78, 5) is 7.31. The Morgan fingerprint density at radius 1 is 1.00 bits per heavy atom. The second-order valence-corrected chi connectivity index (χ2v) is 8.45. The molecule has 0 N–H and O–H groups in total. The summed E-state index contributed by atoms with van der Waals surface area (Å²) in [5.41, 5.74) is 3.73. The van der Waals surface area contributed by atoms with Gasteiger partial charge in [-0.05, 0) is 56.7 Å². The van der Waals surface area contributed by atoms with E-state index in [0.717, 1.165) is 48.4 Å². The Morgan fingerprint density at radius 3 is 2.36 bits per heavy atom. The van der Waals surface area contributed by atoms with Crippen LogP contribution in [0.2, 0.25) is 0 Å². The summed E-state index contributed by atoms with van der Waals surface area (Å²) in [6.45, 7) is 6.31. The first kappa shape index (κ1) is 15.3. The standard InChI is InChI=1S/C19H22N4OS/c1-11-9-12(2)16-15(10-11)25-19(20-16)23-7-5-14(6-8-23)18-22-21-17(24-18)13-3-4-13/h9-10,13-14H,3-8H2,1-2H3. The predicted molar refractivity (Wildman–Crippen MR) is 99.6 cm³/mol. The zero-order valence-electron chi connectivity index (χ0n) is 14.7. The van der Waals surface area contributed by atoms with Gasteiger partial charge in [-0.25, -0.2) is 4.98 Å². The van der Waals surface area contributed by atoms with Crippen molar-refractivity contribution in [1.29, 1.82) is 0 Å². The number of nitrogens with zero attached hydrogens (tertiary/aromatic N) is 4. The van der Waals surface area contributed by atoms with Crippen LogP contribution in [0.5, 0.6) is 0 Å². The Bertz CT molecular complexity index is 919. The van der Waals surface area contributed by atoms with E-state index in [9.17, 15) is 0 Å². The van der Waals surface area contributed by atoms with E-state index < -0.39 is 0 Å². The number of hydrogen-bond donors (Lipinski definition) is 0. The Balaban J connectivity index is 1.31. The summed E-state index contributed by atoms with van der Waals surface area (Å²) in [6, 6.07) is 4.46. The Morgan fingerprint density at radius 2 is 1.68 bits per heavy atom. The number of benzene rings is 1. The maximum absolute atomic E-state index is 5.91. The molecule has 0 radical (unpaired) electrons. The van der Waals surface area contributed by atoms with E-state index in [1.54, 1.807) is 0 Å². The smallest absolute Gasteiger partial charge is 0.219 e. The van der Waals surface area contributed by atoms with Gasteiger partial charge in [-0.1, -0.05) is 17.4 Å². The Kier molecular flexibility index (Phi) is 3.55. The SMILES string of the molecule is Cc1cc(C)c2nc(N3CCC(c4nnc(C5CC5)o4)CC3)sc2c1. The molecule has 3 heterocycles. The second-order valence-electron chi connectivity index (χ2n) is 7.44. The molecule has 1 aliphatic carbocycles. The first-order valence-corrected chi connectivity index (χ1v) is 9.95. The summed E-state index contributed by atoms with van der Waals surface area (Å²) < 4.78 is 7.20. The van der Waals surface area contributed by atoms with Crippen LogP contribution in [0, 0.1) is 13.8 Å². The van der Waals surface area contributed by atoms with E-state index in [2.05, 4.69) is 41.1 Å². The molecule has 2 fully saturated rings. The average Bonchev–Trinajstić information content (AvgIpc) is 3.18. The van der Waals surface area contributed by atoms with Gasteiger partial charge in [0.25, 0.3) is 0 Å². The highest BCUT2D eigenvalue weighted by Gasteiger charge is 2.32. The maximum atomic E-state index is 5.91. The first-order valence-electron chi connectivity index (χ1n) is 9.13. The number of aryl methyl sites for hydroxylation is 2. The summed E-state index contributed by atoms with van der Waals surface area (Å²) in [6.07, 6.45) is 4.52. The van der Waals surface area contributed by atoms with Gasteiger partial charge in [-0.15, -0.1) is 10.2 Å². The van der Waals surface area contributed by atoms with Crippen molar-refractivity contribution in [2.45, 2.75) is 51.4 Å². The highest BCUT2D eigenvalue weighted by atomic mass is 32.1. The number of aromatic nitrogens is 3. The van der Waals surface area contributed by atoms with E-state index in [-0.39, 0.29) is 0 Å². The van der Waals surface area contributed by atoms with Gasteiger partial charge in [0.15, 0.2) is 5.13 Å². The molecule has 1 aromatic carbocycles. The molecule has 1 saturated carbocycles. The quantitative estimate of drug-likeness (QED) is 0.690. The van der Waals surface area contributed by atoms with Crippen molar-refractivity contribution in [2.75, 3.05) is 18.0 Å². The lowest BCUT2D eigenvalue weighted by Crippen LogP contribution is -2.32. The highest BCUT2D eigenvalue weighted by Crippen LogP contribution is 2.41. The fourth-order valence-electron chi connectivity index (χ4n) is 3.72. The van der Waals surface area contributed by atoms with Crippen LogP contribution < -0.4 is 4.90 Å². The molecule has 0 unspecified atom stereocenters. The van der Waals surface area contributed by atoms with Crippen LogP contribution in [0.4, 0.5) is 5.13 Å². The zero-order chi connectivity index (χ0) is 17.0. The van der Waals surface area contributed by atoms with Crippen molar-refractivity contribution in [3.8, 4) is 0 Å². The molecule has 0 atom stereocenters. The van der Waals surface area contributed by atoms with Crippen molar-refractivity contribution < 1.29 is 4.42 Å². The van der Waals surface area contributed by atoms with Gasteiger partial charge >= 0.3 is 0 Å². The van der Waals surface area contributed by atoms with Crippen LogP contribution in [0.1, 0.15) is 60.4 Å². The summed E-state index contributed by atoms with van der Waals surface area (Å²) in [5.74, 6) is 2.64. The fraction of sp³-hybridized carbons (Fsp3) is 0.526. The number of hydrogen-bond acceptors (Lipinski definition) is 6. The molecule has 130 valence electrons. The Hall–Kier alpha value is -1.95. The van der Waals surface area contributed by atoms with Gasteiger partial charge < -0.3 is 9.32 Å². The molecule has 5 rings (SSSR count). The maximum Gasteiger partial charge on any atom is 0.219 e. The van der Waals surface area contributed by atoms with Crippen LogP contribution in [0.25, 0.3) is 10.2 Å². The minimum atomic E-state index is 0.398. The number of piperidine rings is 1. The van der Waals surface area contributed by atoms with Crippen LogP contribution in [0.15, 0.2) is 16.5 Å². The molecule has 0 spiro atoms. The molecule has 2 aliphatic rings. The minimum Gasteiger partial charge on any atom is -0.425 e. The van der Waals surface area contributed by atoms with Crippen molar-refractivity contribution in [3.63, 3.8) is 0 Å². The molecule has 5 nitrogen and oxygen atoms in total. The minimum absolute atomic E-state index is 0.398. The van der Waals surface area contributed by atoms with Crippen molar-refractivity contribution >= 4 is 26.7 Å². The van der Waals surface area contributed by atoms with Crippen molar-refractivity contribution in [1.82, 2.24) is 15.2 Å². The Labute approximate surface area is 151 Å². The van der Waals surface area contributed by atoms with Gasteiger partial charge in [0.05, 0.1) is 10.2 Å². The van der Waals surface area contributed by atoms with Gasteiger partial charge in [0.2, 0.25) is 11.8 Å². The monoisotopic (exact) mass is 354 g/mol. The number of fused-ring (bicyclic) bond motifs is 1. The largest absolute Gasteiger partial charge is 0.425 e. The average molecular weight is 354 g/mol. The normalized spacial score (nSPS) is 19.0. The molecule has 1 aliphatic heterocycles. The van der Waals surface area contributed by atoms with Crippen molar-refractivity contribution in [2.24, 2.45) is 0 Å². The topological polar surface area (TPSA) is 55.1 Å². The first-order chi connectivity index (χ1) is 12.2. The molecule has 0 amide bonds. The number of anilines is 1. The molecule has 1 saturated heterocycles. The third-order valence-electron chi connectivity index (χ3n) is 5.32. The summed E-state index contributed by atoms with van der Waals surface area (Å²) >= 11 is 1.81. The zero-order valence-corrected chi connectivity index (χ0v) is 15.5. The van der Waals surface area contributed by atoms with Crippen molar-refractivity contribution in [3.05, 3.63) is 35.0 Å². The molecular weight excluding hydrogens is 332 g/mol. The van der Waals surface area contributed by atoms with E-state index in [1.807, 2.05) is 11.3 Å². The molecule has 25 heavy (non-hydrogen) atoms. The van der Waals surface area contributed by atoms with Gasteiger partial charge in [-0.3, -0.25) is 0 Å². The molecule has 6 heteroatoms. The van der Waals surface area contributed by atoms with Crippen LogP contribution >= 0.6 is 11.3 Å². The lowest BCUT2D eigenvalue weighted by molar-refractivity contribution is 0.376. The summed E-state index contributed by atoms with van der Waals surface area (Å²) in [5, 5.41) is 9.69. The molecule has 0 bridgehead atoms. The molecule has 2 aromatic heterocycles. The van der Waals surface area contributed by atoms with E-state index in [1.165, 1.54) is 28.7 Å². The lowest BCUT2D eigenvalue weighted by Gasteiger charge is -2.30. The van der Waals surface area contributed by atoms with Gasteiger partial charge in [0.1, 0.15) is 0 Å². The van der Waals surface area contributed by atoms with Crippen LogP contribution in [-0.2, 0) is 0 Å². The van der Waals surface area contributed by atoms with E-state index in [0.29, 0.717) is 11.8 Å². The van der Waals surface area contributed by atoms with Gasteiger partial charge in [-0.2, -0.15) is 0 Å². The predicted octanol–water partition coefficient (Wildman–Crippen LogP) is 4.56. The third-order valence-corrected chi connectivity index (χ3v) is 6.38. The van der Waals surface area contributed by atoms with Gasteiger partial charge in [0, 0.05) is 24.9 Å². The lowest BCUT2D eigenvalue weighted by atomic mass is 9.97. The number of thiazole rings is 1. The summed E-state index contributed by atoms with van der Waals surface area (Å²) in [7, 11) is 0.